The van der Waals surface area contributed by atoms with Gasteiger partial charge in [0, 0.05) is 12.1 Å². The van der Waals surface area contributed by atoms with Gasteiger partial charge in [0.2, 0.25) is 0 Å². The van der Waals surface area contributed by atoms with Crippen LogP contribution in [0.3, 0.4) is 0 Å². The lowest BCUT2D eigenvalue weighted by atomic mass is 10.1. The highest BCUT2D eigenvalue weighted by molar-refractivity contribution is 6.30. The molecule has 0 spiro atoms. The lowest BCUT2D eigenvalue weighted by molar-refractivity contribution is 0.0584. The van der Waals surface area contributed by atoms with E-state index in [1.807, 2.05) is 0 Å². The summed E-state index contributed by atoms with van der Waals surface area (Å²) in [5.74, 6) is 0. The zero-order valence-corrected chi connectivity index (χ0v) is 8.99. The van der Waals surface area contributed by atoms with Crippen LogP contribution < -0.4 is 5.32 Å². The second-order valence-electron chi connectivity index (χ2n) is 2.88. The quantitative estimate of drug-likeness (QED) is 0.830. The third kappa shape index (κ3) is 3.42. The van der Waals surface area contributed by atoms with Crippen LogP contribution in [0.1, 0.15) is 11.7 Å². The van der Waals surface area contributed by atoms with Crippen molar-refractivity contribution >= 4 is 17.7 Å². The fraction of sp³-hybridized carbons (Fsp3) is 0.300. The van der Waals surface area contributed by atoms with Crippen LogP contribution in [0.5, 0.6) is 0 Å². The van der Waals surface area contributed by atoms with E-state index in [2.05, 4.69) is 5.32 Å². The lowest BCUT2D eigenvalue weighted by Crippen LogP contribution is -2.23. The zero-order chi connectivity index (χ0) is 11.3. The predicted octanol–water partition coefficient (Wildman–Crippen LogP) is 1.73. The molecule has 0 aliphatic heterocycles. The highest BCUT2D eigenvalue weighted by Gasteiger charge is 2.14. The normalized spacial score (nSPS) is 11.9. The number of halogens is 1. The SMILES string of the molecule is CNC(=O)O[C@@H](CO)c1ccc(Cl)cc1. The number of benzene rings is 1. The van der Waals surface area contributed by atoms with Crippen molar-refractivity contribution in [2.75, 3.05) is 13.7 Å². The van der Waals surface area contributed by atoms with E-state index in [4.69, 9.17) is 21.4 Å². The molecule has 0 unspecified atom stereocenters. The van der Waals surface area contributed by atoms with Crippen LogP contribution in [0.25, 0.3) is 0 Å². The second kappa shape index (κ2) is 5.58. The molecule has 1 amide bonds. The summed E-state index contributed by atoms with van der Waals surface area (Å²) < 4.78 is 4.93. The summed E-state index contributed by atoms with van der Waals surface area (Å²) in [4.78, 5) is 11.0. The number of rotatable bonds is 3. The Morgan fingerprint density at radius 3 is 2.60 bits per heavy atom. The molecule has 1 aromatic rings. The van der Waals surface area contributed by atoms with E-state index < -0.39 is 12.2 Å². The topological polar surface area (TPSA) is 58.6 Å². The summed E-state index contributed by atoms with van der Waals surface area (Å²) in [7, 11) is 1.46. The van der Waals surface area contributed by atoms with Gasteiger partial charge in [-0.3, -0.25) is 0 Å². The van der Waals surface area contributed by atoms with Gasteiger partial charge in [0.25, 0.3) is 0 Å². The average molecular weight is 230 g/mol. The maximum absolute atomic E-state index is 11.0. The molecule has 0 fully saturated rings. The number of nitrogens with one attached hydrogen (secondary N) is 1. The summed E-state index contributed by atoms with van der Waals surface area (Å²) in [5.41, 5.74) is 0.700. The molecule has 0 aliphatic rings. The number of hydrogen-bond acceptors (Lipinski definition) is 3. The monoisotopic (exact) mass is 229 g/mol. The Kier molecular flexibility index (Phi) is 4.39. The van der Waals surface area contributed by atoms with Gasteiger partial charge in [0.1, 0.15) is 0 Å². The van der Waals surface area contributed by atoms with E-state index in [0.717, 1.165) is 0 Å². The first-order chi connectivity index (χ1) is 7.17. The van der Waals surface area contributed by atoms with E-state index in [9.17, 15) is 4.79 Å². The van der Waals surface area contributed by atoms with Crippen LogP contribution in [0.4, 0.5) is 4.79 Å². The zero-order valence-electron chi connectivity index (χ0n) is 8.24. The molecule has 0 saturated carbocycles. The van der Waals surface area contributed by atoms with E-state index >= 15 is 0 Å². The molecule has 0 aromatic heterocycles. The smallest absolute Gasteiger partial charge is 0.407 e. The van der Waals surface area contributed by atoms with Gasteiger partial charge in [0.15, 0.2) is 6.10 Å². The Hall–Kier alpha value is -1.26. The Bertz CT molecular complexity index is 326. The van der Waals surface area contributed by atoms with Crippen LogP contribution >= 0.6 is 11.6 Å². The summed E-state index contributed by atoms with van der Waals surface area (Å²) in [6.07, 6.45) is -1.24. The molecular weight excluding hydrogens is 218 g/mol. The van der Waals surface area contributed by atoms with Crippen LogP contribution in [0.2, 0.25) is 5.02 Å². The van der Waals surface area contributed by atoms with Crippen molar-refractivity contribution in [3.63, 3.8) is 0 Å². The molecule has 0 saturated heterocycles. The minimum atomic E-state index is -0.665. The van der Waals surface area contributed by atoms with E-state index in [1.165, 1.54) is 7.05 Å². The number of carbonyl (C=O) groups excluding carboxylic acids is 1. The number of ether oxygens (including phenoxy) is 1. The standard InChI is InChI=1S/C10H12ClNO3/c1-12-10(14)15-9(6-13)7-2-4-8(11)5-3-7/h2-5,9,13H,6H2,1H3,(H,12,14)/t9-/m0/s1. The summed E-state index contributed by atoms with van der Waals surface area (Å²) >= 11 is 5.71. The molecule has 82 valence electrons. The van der Waals surface area contributed by atoms with Crippen molar-refractivity contribution in [2.24, 2.45) is 0 Å². The molecule has 1 rings (SSSR count). The highest BCUT2D eigenvalue weighted by atomic mass is 35.5. The minimum absolute atomic E-state index is 0.269. The molecule has 0 aliphatic carbocycles. The van der Waals surface area contributed by atoms with Gasteiger partial charge < -0.3 is 15.2 Å². The first-order valence-corrected chi connectivity index (χ1v) is 4.80. The van der Waals surface area contributed by atoms with Crippen molar-refractivity contribution < 1.29 is 14.6 Å². The number of hydrogen-bond donors (Lipinski definition) is 2. The van der Waals surface area contributed by atoms with Crippen LogP contribution in [0.15, 0.2) is 24.3 Å². The molecule has 0 bridgehead atoms. The molecule has 0 radical (unpaired) electrons. The molecule has 2 N–H and O–H groups in total. The molecule has 15 heavy (non-hydrogen) atoms. The van der Waals surface area contributed by atoms with Gasteiger partial charge in [0.05, 0.1) is 6.61 Å². The molecule has 4 nitrogen and oxygen atoms in total. The fourth-order valence-electron chi connectivity index (χ4n) is 1.08. The molecule has 0 heterocycles. The fourth-order valence-corrected chi connectivity index (χ4v) is 1.20. The van der Waals surface area contributed by atoms with E-state index in [0.29, 0.717) is 10.6 Å². The third-order valence-corrected chi connectivity index (χ3v) is 2.11. The van der Waals surface area contributed by atoms with E-state index in [-0.39, 0.29) is 6.61 Å². The van der Waals surface area contributed by atoms with Crippen molar-refractivity contribution in [3.8, 4) is 0 Å². The second-order valence-corrected chi connectivity index (χ2v) is 3.31. The molecule has 5 heteroatoms. The highest BCUT2D eigenvalue weighted by Crippen LogP contribution is 2.19. The average Bonchev–Trinajstić information content (AvgIpc) is 2.27. The van der Waals surface area contributed by atoms with Crippen LogP contribution in [-0.4, -0.2) is 24.9 Å². The number of aliphatic hydroxyl groups excluding tert-OH is 1. The largest absolute Gasteiger partial charge is 0.439 e. The van der Waals surface area contributed by atoms with Gasteiger partial charge in [-0.25, -0.2) is 4.79 Å². The molecular formula is C10H12ClNO3. The number of aliphatic hydroxyl groups is 1. The maximum atomic E-state index is 11.0. The minimum Gasteiger partial charge on any atom is -0.439 e. The van der Waals surface area contributed by atoms with Crippen LogP contribution in [-0.2, 0) is 4.74 Å². The first-order valence-electron chi connectivity index (χ1n) is 4.42. The Labute approximate surface area is 92.8 Å². The van der Waals surface area contributed by atoms with Gasteiger partial charge in [-0.2, -0.15) is 0 Å². The van der Waals surface area contributed by atoms with Crippen molar-refractivity contribution in [2.45, 2.75) is 6.10 Å². The number of carbonyl (C=O) groups is 1. The number of alkyl carbamates (subject to hydrolysis) is 1. The Balaban J connectivity index is 2.74. The first kappa shape index (κ1) is 11.8. The van der Waals surface area contributed by atoms with E-state index in [1.54, 1.807) is 24.3 Å². The van der Waals surface area contributed by atoms with Crippen molar-refractivity contribution in [1.29, 1.82) is 0 Å². The number of amides is 1. The van der Waals surface area contributed by atoms with Gasteiger partial charge >= 0.3 is 6.09 Å². The summed E-state index contributed by atoms with van der Waals surface area (Å²) in [6.45, 7) is -0.269. The molecule has 1 aromatic carbocycles. The molecule has 1 atom stereocenters. The predicted molar refractivity (Wildman–Crippen MR) is 56.8 cm³/mol. The van der Waals surface area contributed by atoms with Crippen LogP contribution in [0, 0.1) is 0 Å². The van der Waals surface area contributed by atoms with Gasteiger partial charge in [-0.05, 0) is 17.7 Å². The van der Waals surface area contributed by atoms with Crippen molar-refractivity contribution in [1.82, 2.24) is 5.32 Å². The van der Waals surface area contributed by atoms with Gasteiger partial charge in [-0.15, -0.1) is 0 Å². The lowest BCUT2D eigenvalue weighted by Gasteiger charge is -2.15. The third-order valence-electron chi connectivity index (χ3n) is 1.86. The Morgan fingerprint density at radius 1 is 1.53 bits per heavy atom. The van der Waals surface area contributed by atoms with Gasteiger partial charge in [-0.1, -0.05) is 23.7 Å². The summed E-state index contributed by atoms with van der Waals surface area (Å²) in [6, 6.07) is 6.75. The summed E-state index contributed by atoms with van der Waals surface area (Å²) in [5, 5.41) is 12.0. The maximum Gasteiger partial charge on any atom is 0.407 e. The Morgan fingerprint density at radius 2 is 2.13 bits per heavy atom. The van der Waals surface area contributed by atoms with Crippen molar-refractivity contribution in [3.05, 3.63) is 34.9 Å².